The van der Waals surface area contributed by atoms with Crippen molar-refractivity contribution in [1.82, 2.24) is 5.01 Å². The van der Waals surface area contributed by atoms with Crippen LogP contribution in [0.15, 0.2) is 59.7 Å². The molecule has 0 aliphatic carbocycles. The molecule has 3 heteroatoms. The molecule has 3 rings (SSSR count). The van der Waals surface area contributed by atoms with Gasteiger partial charge in [0.15, 0.2) is 0 Å². The number of hydrazone groups is 1. The highest BCUT2D eigenvalue weighted by Crippen LogP contribution is 2.09. The van der Waals surface area contributed by atoms with E-state index < -0.39 is 0 Å². The SMILES string of the molecule is Cc1ccc(C[NH+]2CCN(/N=C\C=C\c3ccccc3)CC2)c(C)c1. The summed E-state index contributed by atoms with van der Waals surface area (Å²) in [6.45, 7) is 9.84. The Morgan fingerprint density at radius 3 is 2.52 bits per heavy atom. The molecule has 3 nitrogen and oxygen atoms in total. The van der Waals surface area contributed by atoms with Crippen LogP contribution in [0, 0.1) is 13.8 Å². The second-order valence-corrected chi connectivity index (χ2v) is 6.84. The van der Waals surface area contributed by atoms with Gasteiger partial charge in [-0.1, -0.05) is 60.2 Å². The number of rotatable bonds is 5. The number of hydrogen-bond acceptors (Lipinski definition) is 2. The lowest BCUT2D eigenvalue weighted by Gasteiger charge is -2.30. The minimum atomic E-state index is 1.02. The van der Waals surface area contributed by atoms with E-state index in [9.17, 15) is 0 Å². The number of benzene rings is 2. The van der Waals surface area contributed by atoms with Crippen molar-refractivity contribution in [2.45, 2.75) is 20.4 Å². The molecule has 0 spiro atoms. The normalized spacial score (nSPS) is 16.2. The van der Waals surface area contributed by atoms with E-state index in [2.05, 4.69) is 72.5 Å². The van der Waals surface area contributed by atoms with Gasteiger partial charge in [0.05, 0.1) is 26.2 Å². The first-order chi connectivity index (χ1) is 12.2. The summed E-state index contributed by atoms with van der Waals surface area (Å²) in [5.41, 5.74) is 5.44. The van der Waals surface area contributed by atoms with Crippen molar-refractivity contribution in [3.8, 4) is 0 Å². The summed E-state index contributed by atoms with van der Waals surface area (Å²) in [7, 11) is 0. The molecule has 1 saturated heterocycles. The number of nitrogens with one attached hydrogen (secondary N) is 1. The lowest BCUT2D eigenvalue weighted by Crippen LogP contribution is -3.13. The highest BCUT2D eigenvalue weighted by Gasteiger charge is 2.19. The summed E-state index contributed by atoms with van der Waals surface area (Å²) in [6.07, 6.45) is 6.01. The number of piperazine rings is 1. The first-order valence-corrected chi connectivity index (χ1v) is 9.11. The van der Waals surface area contributed by atoms with Crippen molar-refractivity contribution in [3.63, 3.8) is 0 Å². The average Bonchev–Trinajstić information content (AvgIpc) is 2.63. The van der Waals surface area contributed by atoms with Crippen LogP contribution in [-0.4, -0.2) is 37.4 Å². The Labute approximate surface area is 151 Å². The van der Waals surface area contributed by atoms with Crippen LogP contribution in [0.1, 0.15) is 22.3 Å². The van der Waals surface area contributed by atoms with Gasteiger partial charge in [0, 0.05) is 11.8 Å². The predicted octanol–water partition coefficient (Wildman–Crippen LogP) is 2.70. The van der Waals surface area contributed by atoms with Gasteiger partial charge in [0.1, 0.15) is 6.54 Å². The molecular weight excluding hydrogens is 306 g/mol. The van der Waals surface area contributed by atoms with Crippen LogP contribution in [0.25, 0.3) is 6.08 Å². The number of quaternary nitrogens is 1. The van der Waals surface area contributed by atoms with Crippen molar-refractivity contribution in [3.05, 3.63) is 76.9 Å². The molecule has 0 bridgehead atoms. The zero-order valence-corrected chi connectivity index (χ0v) is 15.3. The van der Waals surface area contributed by atoms with Crippen LogP contribution in [0.5, 0.6) is 0 Å². The Morgan fingerprint density at radius 1 is 1.04 bits per heavy atom. The van der Waals surface area contributed by atoms with Gasteiger partial charge in [-0.3, -0.25) is 5.01 Å². The summed E-state index contributed by atoms with van der Waals surface area (Å²) in [5.74, 6) is 0. The first-order valence-electron chi connectivity index (χ1n) is 9.11. The zero-order valence-electron chi connectivity index (χ0n) is 15.3. The van der Waals surface area contributed by atoms with Gasteiger partial charge >= 0.3 is 0 Å². The fourth-order valence-electron chi connectivity index (χ4n) is 3.27. The van der Waals surface area contributed by atoms with Gasteiger partial charge in [-0.15, -0.1) is 0 Å². The van der Waals surface area contributed by atoms with E-state index in [1.807, 2.05) is 18.4 Å². The fraction of sp³-hybridized carbons (Fsp3) is 0.318. The lowest BCUT2D eigenvalue weighted by molar-refractivity contribution is -0.918. The molecule has 0 aromatic heterocycles. The van der Waals surface area contributed by atoms with Crippen molar-refractivity contribution in [1.29, 1.82) is 0 Å². The third kappa shape index (κ3) is 5.30. The maximum atomic E-state index is 4.58. The maximum Gasteiger partial charge on any atom is 0.103 e. The van der Waals surface area contributed by atoms with Crippen molar-refractivity contribution in [2.75, 3.05) is 26.2 Å². The van der Waals surface area contributed by atoms with E-state index >= 15 is 0 Å². The minimum absolute atomic E-state index is 1.02. The van der Waals surface area contributed by atoms with E-state index in [1.165, 1.54) is 22.3 Å². The van der Waals surface area contributed by atoms with Gasteiger partial charge in [0.25, 0.3) is 0 Å². The molecule has 1 fully saturated rings. The van der Waals surface area contributed by atoms with Crippen LogP contribution in [0.2, 0.25) is 0 Å². The van der Waals surface area contributed by atoms with Gasteiger partial charge in [-0.25, -0.2) is 0 Å². The molecule has 2 aromatic rings. The van der Waals surface area contributed by atoms with E-state index in [0.29, 0.717) is 0 Å². The molecule has 2 aromatic carbocycles. The summed E-state index contributed by atoms with van der Waals surface area (Å²) >= 11 is 0. The summed E-state index contributed by atoms with van der Waals surface area (Å²) in [4.78, 5) is 1.65. The molecule has 0 amide bonds. The highest BCUT2D eigenvalue weighted by molar-refractivity contribution is 5.77. The summed E-state index contributed by atoms with van der Waals surface area (Å²) in [6, 6.07) is 17.1. The molecule has 1 aliphatic heterocycles. The second-order valence-electron chi connectivity index (χ2n) is 6.84. The molecule has 1 heterocycles. The smallest absolute Gasteiger partial charge is 0.103 e. The molecule has 130 valence electrons. The molecule has 0 unspecified atom stereocenters. The maximum absolute atomic E-state index is 4.58. The number of allylic oxidation sites excluding steroid dienone is 1. The molecule has 0 atom stereocenters. The molecule has 0 radical (unpaired) electrons. The van der Waals surface area contributed by atoms with Crippen LogP contribution in [0.3, 0.4) is 0 Å². The molecule has 1 aliphatic rings. The summed E-state index contributed by atoms with van der Waals surface area (Å²) in [5, 5.41) is 6.76. The van der Waals surface area contributed by atoms with Gasteiger partial charge in [0.2, 0.25) is 0 Å². The monoisotopic (exact) mass is 334 g/mol. The van der Waals surface area contributed by atoms with E-state index in [4.69, 9.17) is 0 Å². The van der Waals surface area contributed by atoms with Crippen LogP contribution in [0.4, 0.5) is 0 Å². The number of nitrogens with zero attached hydrogens (tertiary/aromatic N) is 2. The number of aryl methyl sites for hydroxylation is 2. The Kier molecular flexibility index (Phi) is 6.02. The largest absolute Gasteiger partial charge is 0.328 e. The van der Waals surface area contributed by atoms with Crippen molar-refractivity contribution >= 4 is 12.3 Å². The second kappa shape index (κ2) is 8.63. The van der Waals surface area contributed by atoms with Gasteiger partial charge in [-0.05, 0) is 31.1 Å². The van der Waals surface area contributed by atoms with Crippen molar-refractivity contribution < 1.29 is 4.90 Å². The quantitative estimate of drug-likeness (QED) is 0.834. The van der Waals surface area contributed by atoms with E-state index in [1.54, 1.807) is 4.90 Å². The number of hydrogen-bond donors (Lipinski definition) is 1. The third-order valence-electron chi connectivity index (χ3n) is 4.79. The topological polar surface area (TPSA) is 20.0 Å². The predicted molar refractivity (Wildman–Crippen MR) is 106 cm³/mol. The van der Waals surface area contributed by atoms with Crippen LogP contribution < -0.4 is 4.90 Å². The standard InChI is InChI=1S/C22H27N3/c1-19-10-11-22(20(2)17-19)18-24-13-15-25(16-14-24)23-12-6-9-21-7-4-3-5-8-21/h3-12,17H,13-16,18H2,1-2H3/p+1/b9-6+,23-12-. The fourth-order valence-corrected chi connectivity index (χ4v) is 3.27. The zero-order chi connectivity index (χ0) is 17.5. The Hall–Kier alpha value is -2.39. The third-order valence-corrected chi connectivity index (χ3v) is 4.79. The first kappa shape index (κ1) is 17.4. The lowest BCUT2D eigenvalue weighted by atomic mass is 10.1. The minimum Gasteiger partial charge on any atom is -0.328 e. The average molecular weight is 334 g/mol. The Morgan fingerprint density at radius 2 is 1.80 bits per heavy atom. The Balaban J connectivity index is 1.45. The molecule has 0 saturated carbocycles. The molecular formula is C22H28N3+. The molecule has 1 N–H and O–H groups in total. The van der Waals surface area contributed by atoms with Gasteiger partial charge < -0.3 is 4.90 Å². The highest BCUT2D eigenvalue weighted by atomic mass is 15.5. The van der Waals surface area contributed by atoms with Crippen LogP contribution in [-0.2, 0) is 6.54 Å². The summed E-state index contributed by atoms with van der Waals surface area (Å²) < 4.78 is 0. The molecule has 25 heavy (non-hydrogen) atoms. The Bertz CT molecular complexity index is 726. The van der Waals surface area contributed by atoms with Gasteiger partial charge in [-0.2, -0.15) is 5.10 Å². The van der Waals surface area contributed by atoms with E-state index in [-0.39, 0.29) is 0 Å². The van der Waals surface area contributed by atoms with Crippen molar-refractivity contribution in [2.24, 2.45) is 5.10 Å². The van der Waals surface area contributed by atoms with Crippen LogP contribution >= 0.6 is 0 Å². The van der Waals surface area contributed by atoms with E-state index in [0.717, 1.165) is 32.7 Å².